The van der Waals surface area contributed by atoms with Gasteiger partial charge in [-0.2, -0.15) is 0 Å². The molecule has 0 amide bonds. The van der Waals surface area contributed by atoms with Gasteiger partial charge in [-0.25, -0.2) is 0 Å². The third-order valence-corrected chi connectivity index (χ3v) is 2.78. The average molecular weight is 211 g/mol. The van der Waals surface area contributed by atoms with Gasteiger partial charge < -0.3 is 10.2 Å². The molecule has 0 radical (unpaired) electrons. The first-order valence-corrected chi connectivity index (χ1v) is 5.83. The maximum absolute atomic E-state index is 3.82. The Morgan fingerprint density at radius 1 is 1.47 bits per heavy atom. The Morgan fingerprint density at radius 3 is 2.80 bits per heavy atom. The third kappa shape index (κ3) is 4.78. The van der Waals surface area contributed by atoms with Gasteiger partial charge in [0.25, 0.3) is 0 Å². The number of likely N-dealkylation sites (N-methyl/N-ethyl adjacent to an activating group) is 1. The van der Waals surface area contributed by atoms with E-state index >= 15 is 0 Å². The van der Waals surface area contributed by atoms with Crippen LogP contribution in [0, 0.1) is 5.92 Å². The summed E-state index contributed by atoms with van der Waals surface area (Å²) in [5.41, 5.74) is 0. The van der Waals surface area contributed by atoms with Gasteiger partial charge in [-0.15, -0.1) is 6.58 Å². The fourth-order valence-electron chi connectivity index (χ4n) is 2.22. The maximum atomic E-state index is 3.82. The van der Waals surface area contributed by atoms with Gasteiger partial charge >= 0.3 is 0 Å². The molecule has 2 atom stereocenters. The highest BCUT2D eigenvalue weighted by molar-refractivity contribution is 4.84. The van der Waals surface area contributed by atoms with E-state index in [0.29, 0.717) is 6.04 Å². The van der Waals surface area contributed by atoms with Crippen molar-refractivity contribution in [2.75, 3.05) is 46.8 Å². The molecule has 88 valence electrons. The Hall–Kier alpha value is -0.380. The zero-order valence-corrected chi connectivity index (χ0v) is 10.4. The number of nitrogens with one attached hydrogen (secondary N) is 1. The van der Waals surface area contributed by atoms with Crippen molar-refractivity contribution in [3.05, 3.63) is 12.7 Å². The molecule has 0 aromatic carbocycles. The second kappa shape index (κ2) is 6.26. The minimum absolute atomic E-state index is 0.588. The lowest BCUT2D eigenvalue weighted by Crippen LogP contribution is -2.44. The highest BCUT2D eigenvalue weighted by Crippen LogP contribution is 2.06. The standard InChI is InChI=1S/C12H25N3/c1-5-6-15-8-11(2)7-13-12(10-15)9-14(3)4/h5,11-13H,1,6-10H2,2-4H3. The van der Waals surface area contributed by atoms with E-state index in [1.165, 1.54) is 6.54 Å². The zero-order valence-electron chi connectivity index (χ0n) is 10.4. The molecule has 1 rings (SSSR count). The minimum Gasteiger partial charge on any atom is -0.311 e. The van der Waals surface area contributed by atoms with Crippen LogP contribution in [-0.2, 0) is 0 Å². The Balaban J connectivity index is 2.48. The van der Waals surface area contributed by atoms with E-state index in [1.807, 2.05) is 6.08 Å². The molecular weight excluding hydrogens is 186 g/mol. The molecular formula is C12H25N3. The molecule has 0 saturated carbocycles. The van der Waals surface area contributed by atoms with Gasteiger partial charge in [0.2, 0.25) is 0 Å². The van der Waals surface area contributed by atoms with E-state index < -0.39 is 0 Å². The van der Waals surface area contributed by atoms with Crippen molar-refractivity contribution in [1.82, 2.24) is 15.1 Å². The first kappa shape index (κ1) is 12.7. The molecule has 1 saturated heterocycles. The number of hydrogen-bond acceptors (Lipinski definition) is 3. The van der Waals surface area contributed by atoms with Gasteiger partial charge in [0, 0.05) is 32.2 Å². The second-order valence-corrected chi connectivity index (χ2v) is 4.98. The monoisotopic (exact) mass is 211 g/mol. The molecule has 0 bridgehead atoms. The number of rotatable bonds is 4. The first-order chi connectivity index (χ1) is 7.11. The summed E-state index contributed by atoms with van der Waals surface area (Å²) in [4.78, 5) is 4.74. The predicted octanol–water partition coefficient (Wildman–Crippen LogP) is 0.644. The lowest BCUT2D eigenvalue weighted by Gasteiger charge is -2.25. The zero-order chi connectivity index (χ0) is 11.3. The van der Waals surface area contributed by atoms with Gasteiger partial charge in [0.1, 0.15) is 0 Å². The molecule has 0 aromatic heterocycles. The van der Waals surface area contributed by atoms with Gasteiger partial charge in [0.05, 0.1) is 0 Å². The summed E-state index contributed by atoms with van der Waals surface area (Å²) in [5.74, 6) is 0.733. The van der Waals surface area contributed by atoms with Crippen LogP contribution in [0.4, 0.5) is 0 Å². The lowest BCUT2D eigenvalue weighted by molar-refractivity contribution is 0.251. The molecule has 3 nitrogen and oxygen atoms in total. The molecule has 1 heterocycles. The average Bonchev–Trinajstić information content (AvgIpc) is 2.28. The van der Waals surface area contributed by atoms with Crippen LogP contribution in [0.25, 0.3) is 0 Å². The topological polar surface area (TPSA) is 18.5 Å². The van der Waals surface area contributed by atoms with Crippen molar-refractivity contribution in [2.24, 2.45) is 5.92 Å². The molecule has 1 aliphatic heterocycles. The fourth-order valence-corrected chi connectivity index (χ4v) is 2.22. The number of nitrogens with zero attached hydrogens (tertiary/aromatic N) is 2. The van der Waals surface area contributed by atoms with Crippen molar-refractivity contribution < 1.29 is 0 Å². The molecule has 3 heteroatoms. The van der Waals surface area contributed by atoms with E-state index in [9.17, 15) is 0 Å². The SMILES string of the molecule is C=CCN1CC(C)CNC(CN(C)C)C1. The first-order valence-electron chi connectivity index (χ1n) is 5.83. The van der Waals surface area contributed by atoms with Gasteiger partial charge in [-0.1, -0.05) is 13.0 Å². The van der Waals surface area contributed by atoms with Crippen molar-refractivity contribution >= 4 is 0 Å². The maximum Gasteiger partial charge on any atom is 0.0322 e. The van der Waals surface area contributed by atoms with Gasteiger partial charge in [-0.05, 0) is 26.6 Å². The van der Waals surface area contributed by atoms with E-state index in [0.717, 1.165) is 32.1 Å². The van der Waals surface area contributed by atoms with Crippen LogP contribution >= 0.6 is 0 Å². The normalized spacial score (nSPS) is 29.1. The summed E-state index contributed by atoms with van der Waals surface area (Å²) in [7, 11) is 4.27. The summed E-state index contributed by atoms with van der Waals surface area (Å²) in [5, 5.41) is 3.63. The molecule has 0 aromatic rings. The van der Waals surface area contributed by atoms with E-state index in [2.05, 4.69) is 42.7 Å². The van der Waals surface area contributed by atoms with Crippen LogP contribution in [0.1, 0.15) is 6.92 Å². The van der Waals surface area contributed by atoms with Crippen LogP contribution in [0.5, 0.6) is 0 Å². The van der Waals surface area contributed by atoms with Crippen LogP contribution in [0.3, 0.4) is 0 Å². The van der Waals surface area contributed by atoms with Crippen LogP contribution in [0.2, 0.25) is 0 Å². The molecule has 2 unspecified atom stereocenters. The summed E-state index contributed by atoms with van der Waals surface area (Å²) in [6.45, 7) is 11.7. The Bertz CT molecular complexity index is 191. The van der Waals surface area contributed by atoms with Gasteiger partial charge in [-0.3, -0.25) is 4.90 Å². The molecule has 0 aliphatic carbocycles. The second-order valence-electron chi connectivity index (χ2n) is 4.98. The van der Waals surface area contributed by atoms with Crippen molar-refractivity contribution in [1.29, 1.82) is 0 Å². The Morgan fingerprint density at radius 2 is 2.20 bits per heavy atom. The smallest absolute Gasteiger partial charge is 0.0322 e. The highest BCUT2D eigenvalue weighted by atomic mass is 15.2. The van der Waals surface area contributed by atoms with Crippen molar-refractivity contribution in [3.8, 4) is 0 Å². The molecule has 1 N–H and O–H groups in total. The summed E-state index contributed by atoms with van der Waals surface area (Å²) in [6.07, 6.45) is 2.00. The predicted molar refractivity (Wildman–Crippen MR) is 66.1 cm³/mol. The van der Waals surface area contributed by atoms with Crippen LogP contribution in [0.15, 0.2) is 12.7 Å². The molecule has 1 fully saturated rings. The fraction of sp³-hybridized carbons (Fsp3) is 0.833. The van der Waals surface area contributed by atoms with Crippen molar-refractivity contribution in [2.45, 2.75) is 13.0 Å². The summed E-state index contributed by atoms with van der Waals surface area (Å²) in [6, 6.07) is 0.588. The molecule has 0 spiro atoms. The molecule has 15 heavy (non-hydrogen) atoms. The van der Waals surface area contributed by atoms with E-state index in [-0.39, 0.29) is 0 Å². The number of hydrogen-bond donors (Lipinski definition) is 1. The third-order valence-electron chi connectivity index (χ3n) is 2.78. The van der Waals surface area contributed by atoms with Gasteiger partial charge in [0.15, 0.2) is 0 Å². The Labute approximate surface area is 94.1 Å². The minimum atomic E-state index is 0.588. The summed E-state index contributed by atoms with van der Waals surface area (Å²) < 4.78 is 0. The Kier molecular flexibility index (Phi) is 5.29. The highest BCUT2D eigenvalue weighted by Gasteiger charge is 2.20. The van der Waals surface area contributed by atoms with E-state index in [4.69, 9.17) is 0 Å². The van der Waals surface area contributed by atoms with Crippen molar-refractivity contribution in [3.63, 3.8) is 0 Å². The summed E-state index contributed by atoms with van der Waals surface area (Å²) >= 11 is 0. The molecule has 1 aliphatic rings. The lowest BCUT2D eigenvalue weighted by atomic mass is 10.2. The van der Waals surface area contributed by atoms with Crippen LogP contribution < -0.4 is 5.32 Å². The van der Waals surface area contributed by atoms with E-state index in [1.54, 1.807) is 0 Å². The largest absolute Gasteiger partial charge is 0.311 e. The quantitative estimate of drug-likeness (QED) is 0.689. The van der Waals surface area contributed by atoms with Crippen LogP contribution in [-0.4, -0.2) is 62.7 Å².